The smallest absolute Gasteiger partial charge is 0.274 e. The maximum absolute atomic E-state index is 12.6. The van der Waals surface area contributed by atoms with Crippen LogP contribution in [0.3, 0.4) is 0 Å². The molecular formula is C21H26N6O2. The first-order valence-electron chi connectivity index (χ1n) is 10.2. The van der Waals surface area contributed by atoms with E-state index in [9.17, 15) is 9.59 Å². The van der Waals surface area contributed by atoms with Crippen LogP contribution in [0.4, 0.5) is 17.3 Å². The zero-order valence-corrected chi connectivity index (χ0v) is 16.5. The Morgan fingerprint density at radius 1 is 0.897 bits per heavy atom. The van der Waals surface area contributed by atoms with E-state index in [1.54, 1.807) is 17.2 Å². The van der Waals surface area contributed by atoms with Crippen molar-refractivity contribution in [1.29, 1.82) is 0 Å². The Balaban J connectivity index is 1.39. The predicted molar refractivity (Wildman–Crippen MR) is 112 cm³/mol. The second-order valence-corrected chi connectivity index (χ2v) is 7.42. The number of anilines is 3. The third kappa shape index (κ3) is 4.64. The van der Waals surface area contributed by atoms with Gasteiger partial charge in [-0.05, 0) is 49.6 Å². The fourth-order valence-electron chi connectivity index (χ4n) is 3.76. The van der Waals surface area contributed by atoms with Gasteiger partial charge < -0.3 is 20.0 Å². The molecule has 152 valence electrons. The molecule has 0 aliphatic carbocycles. The Morgan fingerprint density at radius 2 is 1.62 bits per heavy atom. The largest absolute Gasteiger partial charge is 0.372 e. The Morgan fingerprint density at radius 3 is 2.31 bits per heavy atom. The Labute approximate surface area is 170 Å². The van der Waals surface area contributed by atoms with Crippen LogP contribution in [0.25, 0.3) is 0 Å². The molecular weight excluding hydrogens is 368 g/mol. The highest BCUT2D eigenvalue weighted by atomic mass is 16.2. The number of benzene rings is 1. The van der Waals surface area contributed by atoms with Crippen LogP contribution in [-0.2, 0) is 4.79 Å². The van der Waals surface area contributed by atoms with Crippen LogP contribution >= 0.6 is 0 Å². The molecule has 0 saturated carbocycles. The van der Waals surface area contributed by atoms with E-state index >= 15 is 0 Å². The third-order valence-electron chi connectivity index (χ3n) is 5.47. The van der Waals surface area contributed by atoms with Gasteiger partial charge >= 0.3 is 0 Å². The van der Waals surface area contributed by atoms with Gasteiger partial charge in [0.15, 0.2) is 0 Å². The molecule has 4 rings (SSSR count). The molecule has 0 bridgehead atoms. The Hall–Kier alpha value is -3.16. The number of amides is 2. The summed E-state index contributed by atoms with van der Waals surface area (Å²) in [5.74, 6) is 0.259. The van der Waals surface area contributed by atoms with E-state index < -0.39 is 0 Å². The lowest BCUT2D eigenvalue weighted by molar-refractivity contribution is -0.118. The second kappa shape index (κ2) is 8.89. The summed E-state index contributed by atoms with van der Waals surface area (Å²) in [6.07, 6.45) is 6.23. The zero-order valence-electron chi connectivity index (χ0n) is 16.5. The number of carbonyl (C=O) groups is 2. The molecule has 2 amide bonds. The van der Waals surface area contributed by atoms with Crippen molar-refractivity contribution in [2.75, 3.05) is 54.4 Å². The molecule has 0 unspecified atom stereocenters. The Bertz CT molecular complexity index is 843. The van der Waals surface area contributed by atoms with Gasteiger partial charge in [0, 0.05) is 56.8 Å². The molecule has 1 aromatic carbocycles. The molecule has 3 heterocycles. The molecule has 8 nitrogen and oxygen atoms in total. The van der Waals surface area contributed by atoms with Gasteiger partial charge in [0.2, 0.25) is 12.4 Å². The Kier molecular flexibility index (Phi) is 5.88. The van der Waals surface area contributed by atoms with E-state index in [4.69, 9.17) is 0 Å². The monoisotopic (exact) mass is 394 g/mol. The SMILES string of the molecule is O=CN1CCN(c2nccc(C(=O)Nc3ccc(N4CCCCC4)cc3)n2)CC1. The maximum atomic E-state index is 12.6. The van der Waals surface area contributed by atoms with Crippen LogP contribution in [-0.4, -0.2) is 66.5 Å². The lowest BCUT2D eigenvalue weighted by atomic mass is 10.1. The second-order valence-electron chi connectivity index (χ2n) is 7.42. The van der Waals surface area contributed by atoms with E-state index in [1.165, 1.54) is 24.9 Å². The number of piperidine rings is 1. The lowest BCUT2D eigenvalue weighted by Gasteiger charge is -2.32. The number of nitrogens with one attached hydrogen (secondary N) is 1. The minimum absolute atomic E-state index is 0.258. The summed E-state index contributed by atoms with van der Waals surface area (Å²) >= 11 is 0. The molecule has 0 atom stereocenters. The number of nitrogens with zero attached hydrogens (tertiary/aromatic N) is 5. The first-order valence-corrected chi connectivity index (χ1v) is 10.2. The van der Waals surface area contributed by atoms with E-state index in [0.29, 0.717) is 37.8 Å². The number of rotatable bonds is 5. The van der Waals surface area contributed by atoms with Gasteiger partial charge in [0.05, 0.1) is 0 Å². The van der Waals surface area contributed by atoms with Crippen molar-refractivity contribution in [2.45, 2.75) is 19.3 Å². The van der Waals surface area contributed by atoms with Gasteiger partial charge in [0.25, 0.3) is 5.91 Å². The van der Waals surface area contributed by atoms with Crippen molar-refractivity contribution in [3.05, 3.63) is 42.2 Å². The van der Waals surface area contributed by atoms with Crippen LogP contribution in [0.5, 0.6) is 0 Å². The minimum atomic E-state index is -0.258. The van der Waals surface area contributed by atoms with Crippen LogP contribution in [0.2, 0.25) is 0 Å². The predicted octanol–water partition coefficient (Wildman–Crippen LogP) is 2.00. The van der Waals surface area contributed by atoms with Crippen molar-refractivity contribution < 1.29 is 9.59 Å². The van der Waals surface area contributed by atoms with Crippen molar-refractivity contribution in [3.8, 4) is 0 Å². The molecule has 0 radical (unpaired) electrons. The molecule has 2 aromatic rings. The van der Waals surface area contributed by atoms with Gasteiger partial charge in [-0.25, -0.2) is 9.97 Å². The van der Waals surface area contributed by atoms with E-state index in [2.05, 4.69) is 32.3 Å². The lowest BCUT2D eigenvalue weighted by Crippen LogP contribution is -2.46. The summed E-state index contributed by atoms with van der Waals surface area (Å²) in [7, 11) is 0. The fraction of sp³-hybridized carbons (Fsp3) is 0.429. The van der Waals surface area contributed by atoms with Crippen molar-refractivity contribution >= 4 is 29.6 Å². The van der Waals surface area contributed by atoms with Crippen LogP contribution < -0.4 is 15.1 Å². The summed E-state index contributed by atoms with van der Waals surface area (Å²) < 4.78 is 0. The summed E-state index contributed by atoms with van der Waals surface area (Å²) in [5.41, 5.74) is 2.27. The quantitative estimate of drug-likeness (QED) is 0.781. The normalized spacial score (nSPS) is 17.2. The number of hydrogen-bond donors (Lipinski definition) is 1. The van der Waals surface area contributed by atoms with E-state index in [1.807, 2.05) is 17.0 Å². The fourth-order valence-corrected chi connectivity index (χ4v) is 3.76. The van der Waals surface area contributed by atoms with Crippen molar-refractivity contribution in [1.82, 2.24) is 14.9 Å². The van der Waals surface area contributed by atoms with Gasteiger partial charge in [0.1, 0.15) is 5.69 Å². The summed E-state index contributed by atoms with van der Waals surface area (Å²) in [6, 6.07) is 9.59. The van der Waals surface area contributed by atoms with Crippen LogP contribution in [0.1, 0.15) is 29.8 Å². The zero-order chi connectivity index (χ0) is 20.1. The molecule has 1 N–H and O–H groups in total. The number of aromatic nitrogens is 2. The molecule has 2 saturated heterocycles. The van der Waals surface area contributed by atoms with Crippen LogP contribution in [0.15, 0.2) is 36.5 Å². The third-order valence-corrected chi connectivity index (χ3v) is 5.47. The highest BCUT2D eigenvalue weighted by Gasteiger charge is 2.19. The van der Waals surface area contributed by atoms with Gasteiger partial charge in [-0.15, -0.1) is 0 Å². The number of piperazine rings is 1. The summed E-state index contributed by atoms with van der Waals surface area (Å²) in [4.78, 5) is 38.3. The van der Waals surface area contributed by atoms with Gasteiger partial charge in [-0.2, -0.15) is 0 Å². The molecule has 8 heteroatoms. The van der Waals surface area contributed by atoms with Crippen molar-refractivity contribution in [3.63, 3.8) is 0 Å². The molecule has 2 aliphatic rings. The first-order chi connectivity index (χ1) is 14.2. The van der Waals surface area contributed by atoms with Crippen molar-refractivity contribution in [2.24, 2.45) is 0 Å². The molecule has 29 heavy (non-hydrogen) atoms. The topological polar surface area (TPSA) is 81.7 Å². The van der Waals surface area contributed by atoms with E-state index in [-0.39, 0.29) is 5.91 Å². The number of hydrogen-bond acceptors (Lipinski definition) is 6. The summed E-state index contributed by atoms with van der Waals surface area (Å²) in [5, 5.41) is 2.91. The minimum Gasteiger partial charge on any atom is -0.372 e. The average molecular weight is 394 g/mol. The van der Waals surface area contributed by atoms with Gasteiger partial charge in [-0.1, -0.05) is 0 Å². The molecule has 1 aromatic heterocycles. The van der Waals surface area contributed by atoms with E-state index in [0.717, 1.165) is 25.2 Å². The highest BCUT2D eigenvalue weighted by molar-refractivity contribution is 6.03. The first kappa shape index (κ1) is 19.2. The standard InChI is InChI=1S/C21H26N6O2/c28-16-25-12-14-27(15-13-25)21-22-9-8-19(24-21)20(29)23-17-4-6-18(7-5-17)26-10-2-1-3-11-26/h4-9,16H,1-3,10-15H2,(H,23,29). The maximum Gasteiger partial charge on any atom is 0.274 e. The highest BCUT2D eigenvalue weighted by Crippen LogP contribution is 2.22. The number of carbonyl (C=O) groups excluding carboxylic acids is 2. The summed E-state index contributed by atoms with van der Waals surface area (Å²) in [6.45, 7) is 4.76. The average Bonchev–Trinajstić information content (AvgIpc) is 2.80. The molecule has 0 spiro atoms. The molecule has 2 aliphatic heterocycles. The van der Waals surface area contributed by atoms with Gasteiger partial charge in [-0.3, -0.25) is 9.59 Å². The van der Waals surface area contributed by atoms with Crippen LogP contribution in [0, 0.1) is 0 Å². The molecule has 2 fully saturated rings.